The lowest BCUT2D eigenvalue weighted by Crippen LogP contribution is -2.36. The van der Waals surface area contributed by atoms with Gasteiger partial charge in [0.05, 0.1) is 0 Å². The normalized spacial score (nSPS) is 12.2. The Morgan fingerprint density at radius 3 is 2.75 bits per heavy atom. The van der Waals surface area contributed by atoms with E-state index < -0.39 is 0 Å². The molecule has 2 rings (SSSR count). The zero-order valence-corrected chi connectivity index (χ0v) is 14.3. The monoisotopic (exact) mass is 351 g/mol. The van der Waals surface area contributed by atoms with Crippen LogP contribution in [0.5, 0.6) is 0 Å². The van der Waals surface area contributed by atoms with Crippen LogP contribution in [0, 0.1) is 6.92 Å². The summed E-state index contributed by atoms with van der Waals surface area (Å²) in [6.07, 6.45) is 0.898. The van der Waals surface area contributed by atoms with E-state index in [4.69, 9.17) is 0 Å². The molecule has 0 radical (unpaired) electrons. The van der Waals surface area contributed by atoms with Crippen LogP contribution in [-0.2, 0) is 6.42 Å². The third-order valence-corrected chi connectivity index (χ3v) is 5.25. The average molecular weight is 352 g/mol. The molecule has 0 aliphatic carbocycles. The molecule has 0 N–H and O–H groups in total. The topological polar surface area (TPSA) is 20.3 Å². The molecule has 2 aromatic rings. The lowest BCUT2D eigenvalue weighted by Gasteiger charge is -2.25. The molecule has 4 heteroatoms. The van der Waals surface area contributed by atoms with Gasteiger partial charge in [0.25, 0.3) is 5.91 Å². The lowest BCUT2D eigenvalue weighted by molar-refractivity contribution is 0.0744. The molecule has 106 valence electrons. The van der Waals surface area contributed by atoms with Crippen molar-refractivity contribution in [3.05, 3.63) is 56.2 Å². The summed E-state index contributed by atoms with van der Waals surface area (Å²) in [6.45, 7) is 4.08. The maximum Gasteiger partial charge on any atom is 0.253 e. The quantitative estimate of drug-likeness (QED) is 0.792. The number of benzene rings is 1. The first kappa shape index (κ1) is 15.3. The van der Waals surface area contributed by atoms with Crippen LogP contribution in [0.1, 0.15) is 27.7 Å². The van der Waals surface area contributed by atoms with E-state index in [2.05, 4.69) is 34.3 Å². The third-order valence-electron chi connectivity index (χ3n) is 3.46. The Labute approximate surface area is 132 Å². The Bertz CT molecular complexity index is 595. The number of halogens is 1. The summed E-state index contributed by atoms with van der Waals surface area (Å²) >= 11 is 5.20. The Balaban J connectivity index is 2.09. The molecule has 0 aliphatic rings. The molecule has 0 saturated heterocycles. The van der Waals surface area contributed by atoms with E-state index in [1.54, 1.807) is 11.3 Å². The van der Waals surface area contributed by atoms with Crippen molar-refractivity contribution in [3.63, 3.8) is 0 Å². The minimum Gasteiger partial charge on any atom is -0.339 e. The van der Waals surface area contributed by atoms with Crippen molar-refractivity contribution in [1.82, 2.24) is 4.90 Å². The highest BCUT2D eigenvalue weighted by Gasteiger charge is 2.18. The Morgan fingerprint density at radius 1 is 1.40 bits per heavy atom. The summed E-state index contributed by atoms with van der Waals surface area (Å²) in [4.78, 5) is 15.6. The number of hydrogen-bond donors (Lipinski definition) is 0. The van der Waals surface area contributed by atoms with E-state index in [1.165, 1.54) is 4.88 Å². The van der Waals surface area contributed by atoms with E-state index >= 15 is 0 Å². The minimum absolute atomic E-state index is 0.0738. The van der Waals surface area contributed by atoms with Crippen LogP contribution in [0.15, 0.2) is 40.2 Å². The molecule has 20 heavy (non-hydrogen) atoms. The molecular weight excluding hydrogens is 334 g/mol. The Morgan fingerprint density at radius 2 is 2.15 bits per heavy atom. The summed E-state index contributed by atoms with van der Waals surface area (Å²) in [7, 11) is 1.87. The van der Waals surface area contributed by atoms with E-state index in [-0.39, 0.29) is 11.9 Å². The number of thiophene rings is 1. The van der Waals surface area contributed by atoms with Gasteiger partial charge in [0, 0.05) is 34.4 Å². The summed E-state index contributed by atoms with van der Waals surface area (Å²) < 4.78 is 1.03. The molecule has 1 aromatic carbocycles. The molecule has 0 spiro atoms. The fraction of sp³-hybridized carbons (Fsp3) is 0.312. The van der Waals surface area contributed by atoms with Crippen LogP contribution in [0.3, 0.4) is 0 Å². The number of carbonyl (C=O) groups is 1. The first-order chi connectivity index (χ1) is 9.49. The number of aryl methyl sites for hydroxylation is 1. The maximum absolute atomic E-state index is 12.5. The summed E-state index contributed by atoms with van der Waals surface area (Å²) in [5.41, 5.74) is 1.82. The molecule has 1 atom stereocenters. The van der Waals surface area contributed by atoms with E-state index in [1.807, 2.05) is 43.1 Å². The SMILES string of the molecule is Cc1cc(C(=O)N(C)C(C)Cc2cccs2)ccc1Br. The molecule has 1 amide bonds. The fourth-order valence-corrected chi connectivity index (χ4v) is 3.11. The average Bonchev–Trinajstić information content (AvgIpc) is 2.93. The van der Waals surface area contributed by atoms with Crippen molar-refractivity contribution in [3.8, 4) is 0 Å². The van der Waals surface area contributed by atoms with Crippen LogP contribution >= 0.6 is 27.3 Å². The summed E-state index contributed by atoms with van der Waals surface area (Å²) in [5, 5.41) is 2.07. The first-order valence-corrected chi connectivity index (χ1v) is 8.22. The Hall–Kier alpha value is -1.13. The van der Waals surface area contributed by atoms with Gasteiger partial charge in [-0.2, -0.15) is 0 Å². The summed E-state index contributed by atoms with van der Waals surface area (Å²) in [6, 6.07) is 10.1. The largest absolute Gasteiger partial charge is 0.339 e. The van der Waals surface area contributed by atoms with Gasteiger partial charge in [-0.1, -0.05) is 22.0 Å². The third kappa shape index (κ3) is 3.49. The van der Waals surface area contributed by atoms with Gasteiger partial charge in [0.1, 0.15) is 0 Å². The van der Waals surface area contributed by atoms with E-state index in [0.717, 1.165) is 22.0 Å². The van der Waals surface area contributed by atoms with Gasteiger partial charge < -0.3 is 4.90 Å². The molecule has 0 bridgehead atoms. The molecule has 1 aromatic heterocycles. The van der Waals surface area contributed by atoms with Crippen molar-refractivity contribution < 1.29 is 4.79 Å². The number of nitrogens with zero attached hydrogens (tertiary/aromatic N) is 1. The highest BCUT2D eigenvalue weighted by Crippen LogP contribution is 2.19. The van der Waals surface area contributed by atoms with Crippen LogP contribution in [0.2, 0.25) is 0 Å². The molecule has 0 fully saturated rings. The summed E-state index contributed by atoms with van der Waals surface area (Å²) in [5.74, 6) is 0.0738. The molecule has 2 nitrogen and oxygen atoms in total. The zero-order chi connectivity index (χ0) is 14.7. The molecule has 0 saturated carbocycles. The zero-order valence-electron chi connectivity index (χ0n) is 11.9. The first-order valence-electron chi connectivity index (χ1n) is 6.54. The lowest BCUT2D eigenvalue weighted by atomic mass is 10.1. The van der Waals surface area contributed by atoms with E-state index in [0.29, 0.717) is 0 Å². The number of carbonyl (C=O) groups excluding carboxylic acids is 1. The van der Waals surface area contributed by atoms with Gasteiger partial charge in [0.15, 0.2) is 0 Å². The van der Waals surface area contributed by atoms with Crippen molar-refractivity contribution in [2.75, 3.05) is 7.05 Å². The van der Waals surface area contributed by atoms with Gasteiger partial charge in [-0.25, -0.2) is 0 Å². The number of hydrogen-bond acceptors (Lipinski definition) is 2. The van der Waals surface area contributed by atoms with Crippen LogP contribution < -0.4 is 0 Å². The van der Waals surface area contributed by atoms with Crippen LogP contribution in [-0.4, -0.2) is 23.9 Å². The highest BCUT2D eigenvalue weighted by atomic mass is 79.9. The molecule has 0 aliphatic heterocycles. The predicted molar refractivity (Wildman–Crippen MR) is 88.5 cm³/mol. The van der Waals surface area contributed by atoms with Crippen molar-refractivity contribution in [2.45, 2.75) is 26.3 Å². The second kappa shape index (κ2) is 6.55. The predicted octanol–water partition coefficient (Wildman–Crippen LogP) is 4.52. The maximum atomic E-state index is 12.5. The second-order valence-corrected chi connectivity index (χ2v) is 6.90. The smallest absolute Gasteiger partial charge is 0.253 e. The fourth-order valence-electron chi connectivity index (χ4n) is 2.04. The number of rotatable bonds is 4. The molecule has 1 heterocycles. The number of amides is 1. The van der Waals surface area contributed by atoms with Gasteiger partial charge in [-0.15, -0.1) is 11.3 Å². The minimum atomic E-state index is 0.0738. The molecular formula is C16H18BrNOS. The second-order valence-electron chi connectivity index (χ2n) is 5.01. The van der Waals surface area contributed by atoms with Crippen molar-refractivity contribution in [1.29, 1.82) is 0 Å². The van der Waals surface area contributed by atoms with Crippen LogP contribution in [0.4, 0.5) is 0 Å². The Kier molecular flexibility index (Phi) is 5.00. The van der Waals surface area contributed by atoms with Crippen molar-refractivity contribution >= 4 is 33.2 Å². The molecule has 1 unspecified atom stereocenters. The highest BCUT2D eigenvalue weighted by molar-refractivity contribution is 9.10. The van der Waals surface area contributed by atoms with Gasteiger partial charge in [-0.05, 0) is 49.1 Å². The van der Waals surface area contributed by atoms with Gasteiger partial charge in [0.2, 0.25) is 0 Å². The standard InChI is InChI=1S/C16H18BrNOS/c1-11-9-13(6-7-15(11)17)16(19)18(3)12(2)10-14-5-4-8-20-14/h4-9,12H,10H2,1-3H3. The number of likely N-dealkylation sites (N-methyl/N-ethyl adjacent to an activating group) is 1. The van der Waals surface area contributed by atoms with Crippen LogP contribution in [0.25, 0.3) is 0 Å². The van der Waals surface area contributed by atoms with Gasteiger partial charge in [-0.3, -0.25) is 4.79 Å². The van der Waals surface area contributed by atoms with Crippen molar-refractivity contribution in [2.24, 2.45) is 0 Å². The van der Waals surface area contributed by atoms with Gasteiger partial charge >= 0.3 is 0 Å². The van der Waals surface area contributed by atoms with E-state index in [9.17, 15) is 4.79 Å².